The van der Waals surface area contributed by atoms with Crippen molar-refractivity contribution in [2.45, 2.75) is 13.8 Å². The fourth-order valence-corrected chi connectivity index (χ4v) is 2.14. The second-order valence-electron chi connectivity index (χ2n) is 3.98. The highest BCUT2D eigenvalue weighted by Gasteiger charge is 2.10. The predicted molar refractivity (Wildman–Crippen MR) is 86.8 cm³/mol. The van der Waals surface area contributed by atoms with Crippen molar-refractivity contribution in [1.29, 1.82) is 0 Å². The van der Waals surface area contributed by atoms with E-state index in [1.807, 2.05) is 32.0 Å². The Bertz CT molecular complexity index is 625. The third-order valence-electron chi connectivity index (χ3n) is 2.55. The van der Waals surface area contributed by atoms with Gasteiger partial charge in [0.15, 0.2) is 11.5 Å². The zero-order valence-corrected chi connectivity index (χ0v) is 14.0. The van der Waals surface area contributed by atoms with Crippen molar-refractivity contribution >= 4 is 39.0 Å². The van der Waals surface area contributed by atoms with Gasteiger partial charge in [0.1, 0.15) is 17.3 Å². The van der Waals surface area contributed by atoms with Crippen molar-refractivity contribution in [1.82, 2.24) is 9.97 Å². The first-order valence-corrected chi connectivity index (χ1v) is 7.65. The summed E-state index contributed by atoms with van der Waals surface area (Å²) < 4.78 is 11.7. The van der Waals surface area contributed by atoms with Crippen molar-refractivity contribution in [3.05, 3.63) is 34.2 Å². The highest BCUT2D eigenvalue weighted by atomic mass is 79.9. The van der Waals surface area contributed by atoms with Crippen molar-refractivity contribution in [3.8, 4) is 11.5 Å². The van der Waals surface area contributed by atoms with Gasteiger partial charge < -0.3 is 14.8 Å². The molecule has 0 aliphatic rings. The quantitative estimate of drug-likeness (QED) is 0.760. The maximum absolute atomic E-state index is 5.94. The van der Waals surface area contributed by atoms with Crippen molar-refractivity contribution < 1.29 is 9.47 Å². The summed E-state index contributed by atoms with van der Waals surface area (Å²) in [6.07, 6.45) is 1.40. The number of halogens is 2. The minimum Gasteiger partial charge on any atom is -0.490 e. The third kappa shape index (κ3) is 3.98. The van der Waals surface area contributed by atoms with Gasteiger partial charge in [-0.15, -0.1) is 0 Å². The summed E-state index contributed by atoms with van der Waals surface area (Å²) in [5.41, 5.74) is 0.817. The average Bonchev–Trinajstić information content (AvgIpc) is 2.47. The first-order chi connectivity index (χ1) is 10.2. The van der Waals surface area contributed by atoms with E-state index in [1.165, 1.54) is 6.33 Å². The van der Waals surface area contributed by atoms with Crippen LogP contribution in [0.5, 0.6) is 11.5 Å². The van der Waals surface area contributed by atoms with Crippen LogP contribution in [-0.2, 0) is 0 Å². The molecule has 1 aromatic carbocycles. The number of benzene rings is 1. The first-order valence-electron chi connectivity index (χ1n) is 6.48. The fourth-order valence-electron chi connectivity index (χ4n) is 1.70. The molecule has 0 fully saturated rings. The Morgan fingerprint density at radius 1 is 1.14 bits per heavy atom. The number of hydrogen-bond donors (Lipinski definition) is 1. The van der Waals surface area contributed by atoms with Gasteiger partial charge in [-0.3, -0.25) is 0 Å². The lowest BCUT2D eigenvalue weighted by Gasteiger charge is -2.13. The molecule has 2 aromatic rings. The first kappa shape index (κ1) is 15.9. The van der Waals surface area contributed by atoms with Crippen LogP contribution in [-0.4, -0.2) is 23.2 Å². The van der Waals surface area contributed by atoms with Crippen molar-refractivity contribution in [3.63, 3.8) is 0 Å². The van der Waals surface area contributed by atoms with Crippen LogP contribution in [0.15, 0.2) is 29.0 Å². The molecule has 0 bridgehead atoms. The number of rotatable bonds is 6. The van der Waals surface area contributed by atoms with Crippen LogP contribution in [0.1, 0.15) is 13.8 Å². The Hall–Kier alpha value is -1.53. The van der Waals surface area contributed by atoms with E-state index in [0.717, 1.165) is 5.69 Å². The van der Waals surface area contributed by atoms with Crippen LogP contribution in [0.3, 0.4) is 0 Å². The molecule has 0 atom stereocenters. The summed E-state index contributed by atoms with van der Waals surface area (Å²) in [6.45, 7) is 5.00. The smallest absolute Gasteiger partial charge is 0.163 e. The summed E-state index contributed by atoms with van der Waals surface area (Å²) in [5.74, 6) is 1.98. The topological polar surface area (TPSA) is 56.3 Å². The van der Waals surface area contributed by atoms with Crippen LogP contribution in [0.25, 0.3) is 0 Å². The van der Waals surface area contributed by atoms with Gasteiger partial charge in [-0.05, 0) is 41.9 Å². The Morgan fingerprint density at radius 3 is 2.57 bits per heavy atom. The lowest BCUT2D eigenvalue weighted by Crippen LogP contribution is -2.00. The number of nitrogens with one attached hydrogen (secondary N) is 1. The SMILES string of the molecule is CCOc1ccc(Nc2ncnc(Cl)c2Br)cc1OCC. The van der Waals surface area contributed by atoms with Crippen LogP contribution in [0.2, 0.25) is 5.15 Å². The molecule has 21 heavy (non-hydrogen) atoms. The zero-order chi connectivity index (χ0) is 15.2. The molecule has 1 heterocycles. The molecule has 0 radical (unpaired) electrons. The van der Waals surface area contributed by atoms with E-state index < -0.39 is 0 Å². The highest BCUT2D eigenvalue weighted by Crippen LogP contribution is 2.33. The Morgan fingerprint density at radius 2 is 1.86 bits per heavy atom. The van der Waals surface area contributed by atoms with Gasteiger partial charge in [0.25, 0.3) is 0 Å². The van der Waals surface area contributed by atoms with Gasteiger partial charge in [0, 0.05) is 11.8 Å². The summed E-state index contributed by atoms with van der Waals surface area (Å²) in [5, 5.41) is 3.51. The molecule has 0 spiro atoms. The van der Waals surface area contributed by atoms with Gasteiger partial charge in [-0.2, -0.15) is 0 Å². The van der Waals surface area contributed by atoms with Crippen LogP contribution >= 0.6 is 27.5 Å². The van der Waals surface area contributed by atoms with Crippen LogP contribution in [0.4, 0.5) is 11.5 Å². The second-order valence-corrected chi connectivity index (χ2v) is 5.13. The maximum atomic E-state index is 5.94. The van der Waals surface area contributed by atoms with Crippen LogP contribution < -0.4 is 14.8 Å². The normalized spacial score (nSPS) is 10.3. The highest BCUT2D eigenvalue weighted by molar-refractivity contribution is 9.10. The van der Waals surface area contributed by atoms with E-state index in [4.69, 9.17) is 21.1 Å². The molecule has 0 saturated heterocycles. The maximum Gasteiger partial charge on any atom is 0.163 e. The van der Waals surface area contributed by atoms with Crippen molar-refractivity contribution in [2.24, 2.45) is 0 Å². The zero-order valence-electron chi connectivity index (χ0n) is 11.7. The van der Waals surface area contributed by atoms with Gasteiger partial charge in [-0.1, -0.05) is 11.6 Å². The fraction of sp³-hybridized carbons (Fsp3) is 0.286. The van der Waals surface area contributed by atoms with E-state index >= 15 is 0 Å². The van der Waals surface area contributed by atoms with E-state index in [1.54, 1.807) is 0 Å². The Kier molecular flexibility index (Phi) is 5.64. The van der Waals surface area contributed by atoms with Gasteiger partial charge in [-0.25, -0.2) is 9.97 Å². The number of anilines is 2. The minimum absolute atomic E-state index is 0.350. The second kappa shape index (κ2) is 7.47. The van der Waals surface area contributed by atoms with Crippen molar-refractivity contribution in [2.75, 3.05) is 18.5 Å². The number of hydrogen-bond acceptors (Lipinski definition) is 5. The van der Waals surface area contributed by atoms with E-state index in [-0.39, 0.29) is 0 Å². The molecular weight excluding hydrogens is 358 g/mol. The summed E-state index contributed by atoms with van der Waals surface area (Å²) in [6, 6.07) is 5.60. The van der Waals surface area contributed by atoms with E-state index in [9.17, 15) is 0 Å². The average molecular weight is 373 g/mol. The molecule has 0 saturated carbocycles. The molecular formula is C14H15BrClN3O2. The summed E-state index contributed by atoms with van der Waals surface area (Å²) in [4.78, 5) is 8.03. The molecule has 2 rings (SSSR count). The molecule has 1 aromatic heterocycles. The minimum atomic E-state index is 0.350. The largest absolute Gasteiger partial charge is 0.490 e. The monoisotopic (exact) mass is 371 g/mol. The Balaban J connectivity index is 2.28. The van der Waals surface area contributed by atoms with Gasteiger partial charge in [0.2, 0.25) is 0 Å². The lowest BCUT2D eigenvalue weighted by atomic mass is 10.2. The number of ether oxygens (including phenoxy) is 2. The summed E-state index contributed by atoms with van der Waals surface area (Å²) >= 11 is 9.30. The third-order valence-corrected chi connectivity index (χ3v) is 3.82. The van der Waals surface area contributed by atoms with Gasteiger partial charge >= 0.3 is 0 Å². The molecule has 0 aliphatic heterocycles. The standard InChI is InChI=1S/C14H15BrClN3O2/c1-3-20-10-6-5-9(7-11(10)21-4-2)19-14-12(15)13(16)17-8-18-14/h5-8H,3-4H2,1-2H3,(H,17,18,19). The van der Waals surface area contributed by atoms with E-state index in [2.05, 4.69) is 31.2 Å². The molecule has 0 unspecified atom stereocenters. The molecule has 0 aliphatic carbocycles. The molecule has 0 amide bonds. The predicted octanol–water partition coefficient (Wildman–Crippen LogP) is 4.43. The number of nitrogens with zero attached hydrogens (tertiary/aromatic N) is 2. The molecule has 1 N–H and O–H groups in total. The van der Waals surface area contributed by atoms with E-state index in [0.29, 0.717) is 40.2 Å². The number of aromatic nitrogens is 2. The van der Waals surface area contributed by atoms with Crippen LogP contribution in [0, 0.1) is 0 Å². The molecule has 112 valence electrons. The summed E-state index contributed by atoms with van der Waals surface area (Å²) in [7, 11) is 0. The van der Waals surface area contributed by atoms with Gasteiger partial charge in [0.05, 0.1) is 17.7 Å². The lowest BCUT2D eigenvalue weighted by molar-refractivity contribution is 0.288. The Labute approximate surface area is 136 Å². The molecule has 7 heteroatoms. The molecule has 5 nitrogen and oxygen atoms in total.